The van der Waals surface area contributed by atoms with Crippen LogP contribution in [0.25, 0.3) is 0 Å². The van der Waals surface area contributed by atoms with E-state index in [0.29, 0.717) is 36.2 Å². The van der Waals surface area contributed by atoms with E-state index in [1.54, 1.807) is 0 Å². The number of rotatable bonds is 12. The van der Waals surface area contributed by atoms with Crippen LogP contribution >= 0.6 is 0 Å². The predicted molar refractivity (Wildman–Crippen MR) is 161 cm³/mol. The van der Waals surface area contributed by atoms with Gasteiger partial charge in [0.2, 0.25) is 0 Å². The van der Waals surface area contributed by atoms with E-state index in [1.807, 2.05) is 121 Å². The summed E-state index contributed by atoms with van der Waals surface area (Å²) in [6, 6.07) is 38.0. The zero-order valence-electron chi connectivity index (χ0n) is 23.9. The molecule has 4 aromatic carbocycles. The van der Waals surface area contributed by atoms with E-state index >= 15 is 0 Å². The molecule has 0 heterocycles. The van der Waals surface area contributed by atoms with Gasteiger partial charge in [0.25, 0.3) is 0 Å². The number of ether oxygens (including phenoxy) is 2. The van der Waals surface area contributed by atoms with Gasteiger partial charge in [0.15, 0.2) is 11.6 Å². The second-order valence-electron chi connectivity index (χ2n) is 10.5. The molecule has 0 fully saturated rings. The van der Waals surface area contributed by atoms with Crippen molar-refractivity contribution in [3.63, 3.8) is 0 Å². The molecule has 0 radical (unpaired) electrons. The molecule has 4 heteroatoms. The summed E-state index contributed by atoms with van der Waals surface area (Å²) in [6.07, 6.45) is -1.05. The highest BCUT2D eigenvalue weighted by atomic mass is 16.5. The molecule has 0 amide bonds. The lowest BCUT2D eigenvalue weighted by atomic mass is 10.00. The third-order valence-corrected chi connectivity index (χ3v) is 5.99. The first-order chi connectivity index (χ1) is 19.4. The van der Waals surface area contributed by atoms with Gasteiger partial charge in [0.1, 0.15) is 12.2 Å². The summed E-state index contributed by atoms with van der Waals surface area (Å²) in [5, 5.41) is 0. The Morgan fingerprint density at radius 1 is 0.475 bits per heavy atom. The lowest BCUT2D eigenvalue weighted by Gasteiger charge is -2.18. The van der Waals surface area contributed by atoms with Crippen molar-refractivity contribution < 1.29 is 19.1 Å². The lowest BCUT2D eigenvalue weighted by molar-refractivity contribution is 0.0306. The summed E-state index contributed by atoms with van der Waals surface area (Å²) in [5.41, 5.74) is 3.18. The Labute approximate surface area is 239 Å². The van der Waals surface area contributed by atoms with Crippen LogP contribution in [0, 0.1) is 11.8 Å². The molecule has 0 aliphatic heterocycles. The van der Waals surface area contributed by atoms with Crippen molar-refractivity contribution in [2.45, 2.75) is 39.9 Å². The fourth-order valence-corrected chi connectivity index (χ4v) is 3.99. The van der Waals surface area contributed by atoms with Crippen molar-refractivity contribution in [3.8, 4) is 0 Å². The van der Waals surface area contributed by atoms with Crippen molar-refractivity contribution >= 4 is 11.6 Å². The highest BCUT2D eigenvalue weighted by molar-refractivity contribution is 6.00. The van der Waals surface area contributed by atoms with E-state index in [1.165, 1.54) is 0 Å². The Hall–Kier alpha value is -3.86. The van der Waals surface area contributed by atoms with Crippen LogP contribution in [0.1, 0.15) is 71.7 Å². The minimum atomic E-state index is -0.527. The molecule has 0 saturated heterocycles. The molecule has 0 aliphatic carbocycles. The highest BCUT2D eigenvalue weighted by Crippen LogP contribution is 2.24. The quantitative estimate of drug-likeness (QED) is 0.170. The van der Waals surface area contributed by atoms with E-state index in [0.717, 1.165) is 11.1 Å². The molecule has 0 bridgehead atoms. The minimum absolute atomic E-state index is 0.0115. The first-order valence-corrected chi connectivity index (χ1v) is 13.9. The molecule has 2 unspecified atom stereocenters. The Bertz CT molecular complexity index is 1170. The monoisotopic (exact) mass is 536 g/mol. The number of benzene rings is 4. The molecule has 4 aromatic rings. The van der Waals surface area contributed by atoms with E-state index in [4.69, 9.17) is 9.47 Å². The number of ketones is 2. The van der Waals surface area contributed by atoms with Crippen LogP contribution in [-0.2, 0) is 9.47 Å². The van der Waals surface area contributed by atoms with Crippen molar-refractivity contribution in [1.29, 1.82) is 0 Å². The molecule has 208 valence electrons. The summed E-state index contributed by atoms with van der Waals surface area (Å²) in [7, 11) is 0. The zero-order chi connectivity index (χ0) is 28.7. The molecular formula is C36H40O4. The smallest absolute Gasteiger partial charge is 0.196 e. The Morgan fingerprint density at radius 3 is 1.02 bits per heavy atom. The summed E-state index contributed by atoms with van der Waals surface area (Å²) in [4.78, 5) is 25.3. The second-order valence-corrected chi connectivity index (χ2v) is 10.5. The van der Waals surface area contributed by atoms with Crippen LogP contribution < -0.4 is 0 Å². The maximum atomic E-state index is 12.6. The minimum Gasteiger partial charge on any atom is -0.365 e. The average Bonchev–Trinajstić information content (AvgIpc) is 2.99. The molecular weight excluding hydrogens is 496 g/mol. The topological polar surface area (TPSA) is 52.6 Å². The SMILES string of the molecule is CC(C)COC(C(=O)c1ccccc1)c1ccccc1.CC(C)COC(C(=O)c1ccccc1)c1ccccc1. The maximum Gasteiger partial charge on any atom is 0.196 e. The standard InChI is InChI=1S/2C18H20O2/c2*1-14(2)13-20-18(16-11-7-4-8-12-16)17(19)15-9-5-3-6-10-15/h2*3-12,14,18H,13H2,1-2H3. The molecule has 2 atom stereocenters. The van der Waals surface area contributed by atoms with Crippen molar-refractivity contribution in [1.82, 2.24) is 0 Å². The average molecular weight is 537 g/mol. The van der Waals surface area contributed by atoms with Gasteiger partial charge in [-0.25, -0.2) is 0 Å². The van der Waals surface area contributed by atoms with Gasteiger partial charge in [-0.05, 0) is 23.0 Å². The Balaban J connectivity index is 0.000000220. The van der Waals surface area contributed by atoms with Crippen LogP contribution in [0.4, 0.5) is 0 Å². The number of carbonyl (C=O) groups excluding carboxylic acids is 2. The van der Waals surface area contributed by atoms with Crippen LogP contribution in [0.15, 0.2) is 121 Å². The normalized spacial score (nSPS) is 12.3. The lowest BCUT2D eigenvalue weighted by Crippen LogP contribution is -2.18. The molecule has 4 nitrogen and oxygen atoms in total. The summed E-state index contributed by atoms with van der Waals surface area (Å²) >= 11 is 0. The van der Waals surface area contributed by atoms with E-state index < -0.39 is 12.2 Å². The third kappa shape index (κ3) is 9.71. The van der Waals surface area contributed by atoms with E-state index in [2.05, 4.69) is 27.7 Å². The second kappa shape index (κ2) is 16.3. The van der Waals surface area contributed by atoms with Gasteiger partial charge in [0, 0.05) is 11.1 Å². The van der Waals surface area contributed by atoms with Gasteiger partial charge < -0.3 is 9.47 Å². The van der Waals surface area contributed by atoms with Crippen molar-refractivity contribution in [2.75, 3.05) is 13.2 Å². The van der Waals surface area contributed by atoms with E-state index in [-0.39, 0.29) is 11.6 Å². The summed E-state index contributed by atoms with van der Waals surface area (Å²) in [5.74, 6) is 0.810. The van der Waals surface area contributed by atoms with Crippen molar-refractivity contribution in [3.05, 3.63) is 144 Å². The van der Waals surface area contributed by atoms with Gasteiger partial charge in [-0.2, -0.15) is 0 Å². The Morgan fingerprint density at radius 2 is 0.750 bits per heavy atom. The van der Waals surface area contributed by atoms with Gasteiger partial charge in [-0.3, -0.25) is 9.59 Å². The predicted octanol–water partition coefficient (Wildman–Crippen LogP) is 8.57. The van der Waals surface area contributed by atoms with Crippen molar-refractivity contribution in [2.24, 2.45) is 11.8 Å². The molecule has 0 N–H and O–H groups in total. The first kappa shape index (κ1) is 30.7. The van der Waals surface area contributed by atoms with Gasteiger partial charge in [0.05, 0.1) is 13.2 Å². The first-order valence-electron chi connectivity index (χ1n) is 13.9. The largest absolute Gasteiger partial charge is 0.365 e. The highest BCUT2D eigenvalue weighted by Gasteiger charge is 2.24. The molecule has 0 spiro atoms. The molecule has 0 saturated carbocycles. The van der Waals surface area contributed by atoms with E-state index in [9.17, 15) is 9.59 Å². The fraction of sp³-hybridized carbons (Fsp3) is 0.278. The zero-order valence-corrected chi connectivity index (χ0v) is 23.9. The third-order valence-electron chi connectivity index (χ3n) is 5.99. The Kier molecular flexibility index (Phi) is 12.5. The van der Waals surface area contributed by atoms with Gasteiger partial charge >= 0.3 is 0 Å². The number of hydrogen-bond donors (Lipinski definition) is 0. The summed E-state index contributed by atoms with van der Waals surface area (Å²) in [6.45, 7) is 9.45. The molecule has 0 aromatic heterocycles. The fourth-order valence-electron chi connectivity index (χ4n) is 3.99. The molecule has 4 rings (SSSR count). The summed E-state index contributed by atoms with van der Waals surface area (Å²) < 4.78 is 11.7. The molecule has 40 heavy (non-hydrogen) atoms. The van der Waals surface area contributed by atoms with Gasteiger partial charge in [-0.15, -0.1) is 0 Å². The molecule has 0 aliphatic rings. The number of Topliss-reactive ketones (excluding diaryl/α,β-unsaturated/α-hetero) is 2. The van der Waals surface area contributed by atoms with Crippen LogP contribution in [0.3, 0.4) is 0 Å². The van der Waals surface area contributed by atoms with Crippen LogP contribution in [-0.4, -0.2) is 24.8 Å². The maximum absolute atomic E-state index is 12.6. The van der Waals surface area contributed by atoms with Crippen LogP contribution in [0.5, 0.6) is 0 Å². The van der Waals surface area contributed by atoms with Crippen LogP contribution in [0.2, 0.25) is 0 Å². The number of carbonyl (C=O) groups is 2. The van der Waals surface area contributed by atoms with Gasteiger partial charge in [-0.1, -0.05) is 149 Å². The number of hydrogen-bond acceptors (Lipinski definition) is 4.